The minimum atomic E-state index is -0.642. The van der Waals surface area contributed by atoms with Crippen molar-refractivity contribution in [2.75, 3.05) is 37.6 Å². The highest BCUT2D eigenvalue weighted by Crippen LogP contribution is 2.22. The van der Waals surface area contributed by atoms with Crippen molar-refractivity contribution in [1.82, 2.24) is 9.88 Å². The Hall–Kier alpha value is -2.49. The number of nitrogens with zero attached hydrogens (tertiary/aromatic N) is 4. The predicted molar refractivity (Wildman–Crippen MR) is 93.7 cm³/mol. The topological polar surface area (TPSA) is 63.4 Å². The normalized spacial score (nSPS) is 16.5. The number of rotatable bonds is 4. The fraction of sp³-hybridized carbons (Fsp3) is 0.368. The van der Waals surface area contributed by atoms with Crippen LogP contribution in [-0.4, -0.2) is 47.7 Å². The number of β-amino-alcohol motifs (C(OH)–C–C–N with tert-alkyl or cyclic N) is 1. The summed E-state index contributed by atoms with van der Waals surface area (Å²) in [6, 6.07) is 10.2. The van der Waals surface area contributed by atoms with Crippen LogP contribution in [0.1, 0.15) is 22.8 Å². The Morgan fingerprint density at radius 2 is 2.04 bits per heavy atom. The molecule has 1 aliphatic heterocycles. The van der Waals surface area contributed by atoms with Crippen molar-refractivity contribution in [2.45, 2.75) is 13.0 Å². The SMILES string of the molecule is Cc1cc(F)ccc1C(O)CN1CCN(c2ncccc2C#N)CC1. The summed E-state index contributed by atoms with van der Waals surface area (Å²) in [5, 5.41) is 19.7. The number of aliphatic hydroxyl groups is 1. The van der Waals surface area contributed by atoms with Crippen LogP contribution in [-0.2, 0) is 0 Å². The molecule has 2 heterocycles. The van der Waals surface area contributed by atoms with E-state index in [9.17, 15) is 14.8 Å². The molecule has 0 spiro atoms. The molecule has 3 rings (SSSR count). The molecule has 1 N–H and O–H groups in total. The highest BCUT2D eigenvalue weighted by atomic mass is 19.1. The fourth-order valence-corrected chi connectivity index (χ4v) is 3.23. The highest BCUT2D eigenvalue weighted by molar-refractivity contribution is 5.53. The van der Waals surface area contributed by atoms with Crippen LogP contribution in [0.2, 0.25) is 0 Å². The van der Waals surface area contributed by atoms with Crippen LogP contribution in [0.15, 0.2) is 36.5 Å². The molecule has 0 bridgehead atoms. The lowest BCUT2D eigenvalue weighted by Gasteiger charge is -2.36. The Kier molecular flexibility index (Phi) is 5.27. The van der Waals surface area contributed by atoms with Gasteiger partial charge in [-0.1, -0.05) is 6.07 Å². The maximum atomic E-state index is 13.2. The van der Waals surface area contributed by atoms with Gasteiger partial charge in [-0.05, 0) is 42.3 Å². The Balaban J connectivity index is 1.60. The number of hydrogen-bond donors (Lipinski definition) is 1. The quantitative estimate of drug-likeness (QED) is 0.925. The van der Waals surface area contributed by atoms with Gasteiger partial charge in [0.05, 0.1) is 11.7 Å². The van der Waals surface area contributed by atoms with Crippen LogP contribution in [0.25, 0.3) is 0 Å². The molecule has 1 fully saturated rings. The van der Waals surface area contributed by atoms with E-state index in [0.717, 1.165) is 43.1 Å². The number of aromatic nitrogens is 1. The van der Waals surface area contributed by atoms with Crippen molar-refractivity contribution in [2.24, 2.45) is 0 Å². The van der Waals surface area contributed by atoms with Crippen molar-refractivity contribution in [3.05, 3.63) is 59.0 Å². The van der Waals surface area contributed by atoms with Gasteiger partial charge in [0.2, 0.25) is 0 Å². The minimum Gasteiger partial charge on any atom is -0.387 e. The molecule has 1 aromatic heterocycles. The van der Waals surface area contributed by atoms with Gasteiger partial charge in [0.15, 0.2) is 0 Å². The number of halogens is 1. The molecule has 5 nitrogen and oxygen atoms in total. The molecule has 1 aromatic carbocycles. The van der Waals surface area contributed by atoms with E-state index in [1.807, 2.05) is 6.92 Å². The van der Waals surface area contributed by atoms with E-state index in [1.165, 1.54) is 12.1 Å². The summed E-state index contributed by atoms with van der Waals surface area (Å²) in [7, 11) is 0. The summed E-state index contributed by atoms with van der Waals surface area (Å²) in [6.45, 7) is 5.37. The largest absolute Gasteiger partial charge is 0.387 e. The molecule has 1 aliphatic rings. The molecule has 0 radical (unpaired) electrons. The molecule has 1 atom stereocenters. The Morgan fingerprint density at radius 1 is 1.28 bits per heavy atom. The van der Waals surface area contributed by atoms with Crippen molar-refractivity contribution in [3.63, 3.8) is 0 Å². The van der Waals surface area contributed by atoms with Crippen molar-refractivity contribution in [3.8, 4) is 6.07 Å². The number of piperazine rings is 1. The lowest BCUT2D eigenvalue weighted by atomic mass is 10.0. The summed E-state index contributed by atoms with van der Waals surface area (Å²) in [6.07, 6.45) is 1.06. The minimum absolute atomic E-state index is 0.286. The zero-order valence-corrected chi connectivity index (χ0v) is 14.2. The van der Waals surface area contributed by atoms with Crippen LogP contribution >= 0.6 is 0 Å². The van der Waals surface area contributed by atoms with Crippen molar-refractivity contribution >= 4 is 5.82 Å². The van der Waals surface area contributed by atoms with Crippen LogP contribution in [0, 0.1) is 24.1 Å². The van der Waals surface area contributed by atoms with Gasteiger partial charge in [-0.2, -0.15) is 5.26 Å². The number of nitriles is 1. The van der Waals surface area contributed by atoms with Crippen molar-refractivity contribution in [1.29, 1.82) is 5.26 Å². The lowest BCUT2D eigenvalue weighted by molar-refractivity contribution is 0.109. The van der Waals surface area contributed by atoms with E-state index in [-0.39, 0.29) is 5.82 Å². The number of anilines is 1. The molecule has 0 amide bonds. The average Bonchev–Trinajstić information content (AvgIpc) is 2.62. The van der Waals surface area contributed by atoms with E-state index in [1.54, 1.807) is 24.4 Å². The van der Waals surface area contributed by atoms with E-state index >= 15 is 0 Å². The van der Waals surface area contributed by atoms with Gasteiger partial charge >= 0.3 is 0 Å². The zero-order chi connectivity index (χ0) is 17.8. The fourth-order valence-electron chi connectivity index (χ4n) is 3.23. The van der Waals surface area contributed by atoms with Gasteiger partial charge < -0.3 is 10.0 Å². The third kappa shape index (κ3) is 3.95. The molecule has 0 saturated carbocycles. The maximum Gasteiger partial charge on any atom is 0.146 e. The van der Waals surface area contributed by atoms with Gasteiger partial charge in [0.1, 0.15) is 17.7 Å². The van der Waals surface area contributed by atoms with E-state index in [2.05, 4.69) is 20.9 Å². The molecule has 25 heavy (non-hydrogen) atoms. The monoisotopic (exact) mass is 340 g/mol. The number of hydrogen-bond acceptors (Lipinski definition) is 5. The van der Waals surface area contributed by atoms with Crippen LogP contribution < -0.4 is 4.90 Å². The maximum absolute atomic E-state index is 13.2. The molecular formula is C19H21FN4O. The van der Waals surface area contributed by atoms with Crippen LogP contribution in [0.4, 0.5) is 10.2 Å². The first-order chi connectivity index (χ1) is 12.1. The number of benzene rings is 1. The zero-order valence-electron chi connectivity index (χ0n) is 14.2. The lowest BCUT2D eigenvalue weighted by Crippen LogP contribution is -2.48. The number of aliphatic hydroxyl groups excluding tert-OH is 1. The Bertz CT molecular complexity index is 781. The molecule has 0 aliphatic carbocycles. The second-order valence-corrected chi connectivity index (χ2v) is 6.29. The first-order valence-corrected chi connectivity index (χ1v) is 8.35. The predicted octanol–water partition coefficient (Wildman–Crippen LogP) is 2.26. The standard InChI is InChI=1S/C19H21FN4O/c1-14-11-16(20)4-5-17(14)18(25)13-23-7-9-24(10-8-23)19-15(12-21)3-2-6-22-19/h2-6,11,18,25H,7-10,13H2,1H3. The summed E-state index contributed by atoms with van der Waals surface area (Å²) < 4.78 is 13.2. The number of aryl methyl sites for hydroxylation is 1. The van der Waals surface area contributed by atoms with Crippen LogP contribution in [0.5, 0.6) is 0 Å². The smallest absolute Gasteiger partial charge is 0.146 e. The second kappa shape index (κ2) is 7.60. The van der Waals surface area contributed by atoms with E-state index in [4.69, 9.17) is 0 Å². The molecule has 130 valence electrons. The molecule has 1 saturated heterocycles. The summed E-state index contributed by atoms with van der Waals surface area (Å²) in [5.74, 6) is 0.435. The highest BCUT2D eigenvalue weighted by Gasteiger charge is 2.22. The molecule has 2 aromatic rings. The van der Waals surface area contributed by atoms with Gasteiger partial charge in [0, 0.05) is 38.9 Å². The third-order valence-corrected chi connectivity index (χ3v) is 4.60. The average molecular weight is 340 g/mol. The summed E-state index contributed by atoms with van der Waals surface area (Å²) >= 11 is 0. The van der Waals surface area contributed by atoms with Crippen molar-refractivity contribution < 1.29 is 9.50 Å². The molecule has 1 unspecified atom stereocenters. The number of pyridine rings is 1. The third-order valence-electron chi connectivity index (χ3n) is 4.60. The summed E-state index contributed by atoms with van der Waals surface area (Å²) in [5.41, 5.74) is 2.11. The van der Waals surface area contributed by atoms with E-state index in [0.29, 0.717) is 12.1 Å². The molecule has 6 heteroatoms. The second-order valence-electron chi connectivity index (χ2n) is 6.29. The summed E-state index contributed by atoms with van der Waals surface area (Å²) in [4.78, 5) is 8.61. The Morgan fingerprint density at radius 3 is 2.72 bits per heavy atom. The van der Waals surface area contributed by atoms with Gasteiger partial charge in [-0.3, -0.25) is 4.90 Å². The van der Waals surface area contributed by atoms with Gasteiger partial charge in [0.25, 0.3) is 0 Å². The van der Waals surface area contributed by atoms with Crippen LogP contribution in [0.3, 0.4) is 0 Å². The first kappa shape index (κ1) is 17.3. The van der Waals surface area contributed by atoms with Gasteiger partial charge in [-0.25, -0.2) is 9.37 Å². The molecular weight excluding hydrogens is 319 g/mol. The van der Waals surface area contributed by atoms with E-state index < -0.39 is 6.10 Å². The first-order valence-electron chi connectivity index (χ1n) is 8.35. The Labute approximate surface area is 146 Å². The van der Waals surface area contributed by atoms with Gasteiger partial charge in [-0.15, -0.1) is 0 Å².